The quantitative estimate of drug-likeness (QED) is 0.815. The molecule has 1 unspecified atom stereocenters. The first-order valence-corrected chi connectivity index (χ1v) is 6.58. The number of carboxylic acid groups (broad SMARTS) is 1. The third kappa shape index (κ3) is 2.31. The van der Waals surface area contributed by atoms with Crippen molar-refractivity contribution in [3.05, 3.63) is 0 Å². The van der Waals surface area contributed by atoms with Crippen LogP contribution < -0.4 is 0 Å². The number of hydrogen-bond donors (Lipinski definition) is 1. The Kier molecular flexibility index (Phi) is 3.40. The van der Waals surface area contributed by atoms with Gasteiger partial charge in [0.1, 0.15) is 0 Å². The molecule has 96 valence electrons. The van der Waals surface area contributed by atoms with Gasteiger partial charge in [0.15, 0.2) is 0 Å². The van der Waals surface area contributed by atoms with Crippen molar-refractivity contribution in [1.82, 2.24) is 4.90 Å². The van der Waals surface area contributed by atoms with E-state index in [-0.39, 0.29) is 5.91 Å². The Morgan fingerprint density at radius 1 is 1.41 bits per heavy atom. The normalized spacial score (nSPS) is 29.1. The maximum atomic E-state index is 12.0. The van der Waals surface area contributed by atoms with E-state index in [9.17, 15) is 14.7 Å². The van der Waals surface area contributed by atoms with Gasteiger partial charge in [-0.2, -0.15) is 0 Å². The van der Waals surface area contributed by atoms with E-state index in [4.69, 9.17) is 0 Å². The van der Waals surface area contributed by atoms with Gasteiger partial charge >= 0.3 is 5.97 Å². The summed E-state index contributed by atoms with van der Waals surface area (Å²) in [7, 11) is 0. The Hall–Kier alpha value is -1.06. The van der Waals surface area contributed by atoms with Crippen LogP contribution in [0, 0.1) is 11.3 Å². The summed E-state index contributed by atoms with van der Waals surface area (Å²) in [6.45, 7) is 2.92. The Balaban J connectivity index is 1.91. The monoisotopic (exact) mass is 239 g/mol. The summed E-state index contributed by atoms with van der Waals surface area (Å²) in [5.74, 6) is -0.0332. The second-order valence-electron chi connectivity index (χ2n) is 5.51. The molecular formula is C13H21NO3. The summed E-state index contributed by atoms with van der Waals surface area (Å²) in [5, 5.41) is 9.26. The first-order chi connectivity index (χ1) is 8.07. The van der Waals surface area contributed by atoms with Gasteiger partial charge in [0.25, 0.3) is 0 Å². The molecule has 0 bridgehead atoms. The van der Waals surface area contributed by atoms with E-state index < -0.39 is 11.4 Å². The van der Waals surface area contributed by atoms with E-state index in [1.54, 1.807) is 4.90 Å². The largest absolute Gasteiger partial charge is 0.481 e. The highest BCUT2D eigenvalue weighted by Gasteiger charge is 2.44. The van der Waals surface area contributed by atoms with Crippen molar-refractivity contribution < 1.29 is 14.7 Å². The average molecular weight is 239 g/mol. The second kappa shape index (κ2) is 4.67. The molecule has 0 spiro atoms. The van der Waals surface area contributed by atoms with Gasteiger partial charge < -0.3 is 10.0 Å². The molecule has 0 radical (unpaired) electrons. The highest BCUT2D eigenvalue weighted by atomic mass is 16.4. The van der Waals surface area contributed by atoms with E-state index in [0.717, 1.165) is 12.8 Å². The zero-order chi connectivity index (χ0) is 12.5. The molecule has 0 aromatic heterocycles. The number of nitrogens with zero attached hydrogens (tertiary/aromatic N) is 1. The summed E-state index contributed by atoms with van der Waals surface area (Å²) >= 11 is 0. The van der Waals surface area contributed by atoms with Crippen molar-refractivity contribution in [3.8, 4) is 0 Å². The summed E-state index contributed by atoms with van der Waals surface area (Å²) in [6.07, 6.45) is 5.41. The standard InChI is InChI=1S/C13H21NO3/c1-2-13(12(16)17)6-7-14(9-13)11(15)8-10-4-3-5-10/h10H,2-9H2,1H3,(H,16,17). The first kappa shape index (κ1) is 12.4. The van der Waals surface area contributed by atoms with Crippen LogP contribution in [0.15, 0.2) is 0 Å². The third-order valence-electron chi connectivity index (χ3n) is 4.52. The number of rotatable bonds is 4. The number of aliphatic carboxylic acids is 1. The third-order valence-corrected chi connectivity index (χ3v) is 4.52. The fourth-order valence-electron chi connectivity index (χ4n) is 2.77. The summed E-state index contributed by atoms with van der Waals surface area (Å²) in [5.41, 5.74) is -0.685. The van der Waals surface area contributed by atoms with Crippen LogP contribution in [0.1, 0.15) is 45.4 Å². The zero-order valence-electron chi connectivity index (χ0n) is 10.4. The SMILES string of the molecule is CCC1(C(=O)O)CCN(C(=O)CC2CCC2)C1. The van der Waals surface area contributed by atoms with Gasteiger partial charge in [0.2, 0.25) is 5.91 Å². The Morgan fingerprint density at radius 2 is 2.12 bits per heavy atom. The highest BCUT2D eigenvalue weighted by molar-refractivity contribution is 5.80. The van der Waals surface area contributed by atoms with Gasteiger partial charge in [0, 0.05) is 19.5 Å². The fourth-order valence-corrected chi connectivity index (χ4v) is 2.77. The van der Waals surface area contributed by atoms with Gasteiger partial charge in [0.05, 0.1) is 5.41 Å². The number of carbonyl (C=O) groups is 2. The number of likely N-dealkylation sites (tertiary alicyclic amines) is 1. The van der Waals surface area contributed by atoms with Crippen molar-refractivity contribution in [3.63, 3.8) is 0 Å². The number of hydrogen-bond acceptors (Lipinski definition) is 2. The molecule has 2 fully saturated rings. The van der Waals surface area contributed by atoms with Gasteiger partial charge in [-0.1, -0.05) is 13.3 Å². The Labute approximate surface area is 102 Å². The molecule has 0 aromatic carbocycles. The van der Waals surface area contributed by atoms with Gasteiger partial charge in [-0.15, -0.1) is 0 Å². The van der Waals surface area contributed by atoms with Crippen LogP contribution in [0.4, 0.5) is 0 Å². The van der Waals surface area contributed by atoms with Crippen LogP contribution in [0.2, 0.25) is 0 Å². The minimum absolute atomic E-state index is 0.159. The lowest BCUT2D eigenvalue weighted by atomic mass is 9.82. The van der Waals surface area contributed by atoms with Gasteiger partial charge in [-0.05, 0) is 31.6 Å². The molecule has 1 amide bonds. The van der Waals surface area contributed by atoms with Crippen molar-refractivity contribution in [1.29, 1.82) is 0 Å². The van der Waals surface area contributed by atoms with Crippen LogP contribution in [0.5, 0.6) is 0 Å². The average Bonchev–Trinajstić information content (AvgIpc) is 2.68. The predicted molar refractivity (Wildman–Crippen MR) is 63.5 cm³/mol. The first-order valence-electron chi connectivity index (χ1n) is 6.58. The molecule has 1 atom stereocenters. The molecule has 17 heavy (non-hydrogen) atoms. The fraction of sp³-hybridized carbons (Fsp3) is 0.846. The molecule has 1 aliphatic carbocycles. The minimum Gasteiger partial charge on any atom is -0.481 e. The molecule has 4 nitrogen and oxygen atoms in total. The van der Waals surface area contributed by atoms with Crippen LogP contribution in [0.25, 0.3) is 0 Å². The van der Waals surface area contributed by atoms with Crippen LogP contribution in [-0.2, 0) is 9.59 Å². The lowest BCUT2D eigenvalue weighted by molar-refractivity contribution is -0.148. The topological polar surface area (TPSA) is 57.6 Å². The van der Waals surface area contributed by atoms with Crippen LogP contribution in [0.3, 0.4) is 0 Å². The predicted octanol–water partition coefficient (Wildman–Crippen LogP) is 1.89. The Morgan fingerprint density at radius 3 is 2.53 bits per heavy atom. The van der Waals surface area contributed by atoms with Gasteiger partial charge in [-0.3, -0.25) is 9.59 Å². The Bertz CT molecular complexity index is 325. The minimum atomic E-state index is -0.751. The molecule has 2 aliphatic rings. The van der Waals surface area contributed by atoms with Crippen LogP contribution in [-0.4, -0.2) is 35.0 Å². The van der Waals surface area contributed by atoms with Crippen molar-refractivity contribution in [2.24, 2.45) is 11.3 Å². The molecule has 1 saturated carbocycles. The number of amides is 1. The lowest BCUT2D eigenvalue weighted by Gasteiger charge is -2.28. The molecular weight excluding hydrogens is 218 g/mol. The summed E-state index contributed by atoms with van der Waals surface area (Å²) in [6, 6.07) is 0. The maximum absolute atomic E-state index is 12.0. The number of carbonyl (C=O) groups excluding carboxylic acids is 1. The van der Waals surface area contributed by atoms with Crippen molar-refractivity contribution >= 4 is 11.9 Å². The van der Waals surface area contributed by atoms with Gasteiger partial charge in [-0.25, -0.2) is 0 Å². The maximum Gasteiger partial charge on any atom is 0.311 e. The molecule has 4 heteroatoms. The second-order valence-corrected chi connectivity index (χ2v) is 5.51. The summed E-state index contributed by atoms with van der Waals surface area (Å²) in [4.78, 5) is 25.0. The van der Waals surface area contributed by atoms with Crippen molar-refractivity contribution in [2.45, 2.75) is 45.4 Å². The highest BCUT2D eigenvalue weighted by Crippen LogP contribution is 2.36. The molecule has 1 N–H and O–H groups in total. The van der Waals surface area contributed by atoms with E-state index in [2.05, 4.69) is 0 Å². The van der Waals surface area contributed by atoms with E-state index in [1.165, 1.54) is 6.42 Å². The smallest absolute Gasteiger partial charge is 0.311 e. The van der Waals surface area contributed by atoms with E-state index in [0.29, 0.717) is 38.3 Å². The van der Waals surface area contributed by atoms with Crippen LogP contribution >= 0.6 is 0 Å². The van der Waals surface area contributed by atoms with E-state index in [1.807, 2.05) is 6.92 Å². The van der Waals surface area contributed by atoms with E-state index >= 15 is 0 Å². The lowest BCUT2D eigenvalue weighted by Crippen LogP contribution is -2.37. The molecule has 1 saturated heterocycles. The molecule has 0 aromatic rings. The summed E-state index contributed by atoms with van der Waals surface area (Å²) < 4.78 is 0. The molecule has 2 rings (SSSR count). The zero-order valence-corrected chi connectivity index (χ0v) is 10.4. The van der Waals surface area contributed by atoms with Crippen molar-refractivity contribution in [2.75, 3.05) is 13.1 Å². The molecule has 1 aliphatic heterocycles. The molecule has 1 heterocycles. The number of carboxylic acids is 1.